The Balaban J connectivity index is 2.62. The van der Waals surface area contributed by atoms with Gasteiger partial charge in [-0.15, -0.1) is 0 Å². The molecular weight excluding hydrogens is 327 g/mol. The molecule has 130 valence electrons. The first-order valence-corrected chi connectivity index (χ1v) is 9.34. The Labute approximate surface area is 143 Å². The van der Waals surface area contributed by atoms with E-state index in [2.05, 4.69) is 0 Å². The molecule has 0 aliphatic rings. The zero-order valence-electron chi connectivity index (χ0n) is 14.4. The van der Waals surface area contributed by atoms with Crippen LogP contribution in [0, 0.1) is 0 Å². The Morgan fingerprint density at radius 2 is 1.42 bits per heavy atom. The molecule has 0 heterocycles. The average molecular weight is 350 g/mol. The van der Waals surface area contributed by atoms with Crippen LogP contribution < -0.4 is 14.8 Å². The Morgan fingerprint density at radius 3 is 1.92 bits per heavy atom. The summed E-state index contributed by atoms with van der Waals surface area (Å²) in [7, 11) is -0.218. The Kier molecular flexibility index (Phi) is 6.44. The van der Waals surface area contributed by atoms with Crippen molar-refractivity contribution in [3.63, 3.8) is 0 Å². The van der Waals surface area contributed by atoms with Gasteiger partial charge in [-0.25, -0.2) is 0 Å². The van der Waals surface area contributed by atoms with Gasteiger partial charge >= 0.3 is 7.60 Å². The second kappa shape index (κ2) is 8.34. The number of rotatable bonds is 8. The van der Waals surface area contributed by atoms with Crippen molar-refractivity contribution in [2.45, 2.75) is 13.8 Å². The van der Waals surface area contributed by atoms with Crippen LogP contribution in [0.5, 0.6) is 11.5 Å². The van der Waals surface area contributed by atoms with Gasteiger partial charge in [-0.2, -0.15) is 0 Å². The summed E-state index contributed by atoms with van der Waals surface area (Å²) in [5.41, 5.74) is 1.58. The third-order valence-corrected chi connectivity index (χ3v) is 5.64. The van der Waals surface area contributed by atoms with Gasteiger partial charge in [0, 0.05) is 6.07 Å². The molecule has 0 fully saturated rings. The van der Waals surface area contributed by atoms with E-state index in [1.54, 1.807) is 40.2 Å². The number of ether oxygens (including phenoxy) is 2. The largest absolute Gasteiger partial charge is 0.497 e. The summed E-state index contributed by atoms with van der Waals surface area (Å²) in [5.74, 6) is 1.31. The van der Waals surface area contributed by atoms with Gasteiger partial charge in [-0.1, -0.05) is 18.2 Å². The van der Waals surface area contributed by atoms with Crippen molar-refractivity contribution in [1.29, 1.82) is 0 Å². The van der Waals surface area contributed by atoms with Crippen LogP contribution in [-0.2, 0) is 13.6 Å². The second-order valence-corrected chi connectivity index (χ2v) is 6.94. The van der Waals surface area contributed by atoms with Crippen LogP contribution in [-0.4, -0.2) is 27.4 Å². The number of hydrogen-bond donors (Lipinski definition) is 0. The van der Waals surface area contributed by atoms with E-state index in [0.717, 1.165) is 11.1 Å². The standard InChI is InChI=1S/C18H23O5P/c1-5-22-24(19,23-6-2)18-10-8-7-9-17(18)14-11-15(20-3)13-16(12-14)21-4/h7-13H,5-6H2,1-4H3. The predicted octanol–water partition coefficient (Wildman–Crippen LogP) is 4.26. The molecule has 24 heavy (non-hydrogen) atoms. The van der Waals surface area contributed by atoms with Gasteiger partial charge in [0.2, 0.25) is 0 Å². The molecule has 0 aliphatic heterocycles. The summed E-state index contributed by atoms with van der Waals surface area (Å²) in [6.45, 7) is 4.19. The predicted molar refractivity (Wildman–Crippen MR) is 95.5 cm³/mol. The van der Waals surface area contributed by atoms with Crippen molar-refractivity contribution < 1.29 is 23.1 Å². The summed E-state index contributed by atoms with van der Waals surface area (Å²) in [6, 6.07) is 12.9. The first-order valence-electron chi connectivity index (χ1n) is 7.80. The number of benzene rings is 2. The first kappa shape index (κ1) is 18.5. The highest BCUT2D eigenvalue weighted by Gasteiger charge is 2.30. The smallest absolute Gasteiger partial charge is 0.361 e. The van der Waals surface area contributed by atoms with Crippen LogP contribution in [0.15, 0.2) is 42.5 Å². The molecule has 0 amide bonds. The van der Waals surface area contributed by atoms with Crippen molar-refractivity contribution in [3.05, 3.63) is 42.5 Å². The summed E-state index contributed by atoms with van der Waals surface area (Å²) < 4.78 is 34.9. The highest BCUT2D eigenvalue weighted by Crippen LogP contribution is 2.49. The van der Waals surface area contributed by atoms with Crippen molar-refractivity contribution in [2.75, 3.05) is 27.4 Å². The van der Waals surface area contributed by atoms with E-state index in [-0.39, 0.29) is 0 Å². The minimum Gasteiger partial charge on any atom is -0.497 e. The van der Waals surface area contributed by atoms with E-state index < -0.39 is 7.60 Å². The molecule has 0 atom stereocenters. The van der Waals surface area contributed by atoms with Crippen LogP contribution in [0.25, 0.3) is 11.1 Å². The summed E-state index contributed by atoms with van der Waals surface area (Å²) in [4.78, 5) is 0. The van der Waals surface area contributed by atoms with Crippen LogP contribution >= 0.6 is 7.60 Å². The molecule has 0 unspecified atom stereocenters. The fraction of sp³-hybridized carbons (Fsp3) is 0.333. The van der Waals surface area contributed by atoms with Crippen LogP contribution in [0.1, 0.15) is 13.8 Å². The van der Waals surface area contributed by atoms with Gasteiger partial charge in [0.1, 0.15) is 11.5 Å². The molecule has 0 bridgehead atoms. The molecule has 0 aliphatic carbocycles. The molecule has 0 spiro atoms. The first-order chi connectivity index (χ1) is 11.6. The van der Waals surface area contributed by atoms with E-state index in [1.807, 2.05) is 30.3 Å². The van der Waals surface area contributed by atoms with E-state index in [1.165, 1.54) is 0 Å². The third kappa shape index (κ3) is 3.99. The number of hydrogen-bond acceptors (Lipinski definition) is 5. The molecule has 5 nitrogen and oxygen atoms in total. The summed E-state index contributed by atoms with van der Waals surface area (Å²) in [6.07, 6.45) is 0. The molecule has 0 saturated heterocycles. The SMILES string of the molecule is CCOP(=O)(OCC)c1ccccc1-c1cc(OC)cc(OC)c1. The highest BCUT2D eigenvalue weighted by molar-refractivity contribution is 7.62. The van der Waals surface area contributed by atoms with E-state index >= 15 is 0 Å². The fourth-order valence-electron chi connectivity index (χ4n) is 2.44. The highest BCUT2D eigenvalue weighted by atomic mass is 31.2. The van der Waals surface area contributed by atoms with Crippen LogP contribution in [0.4, 0.5) is 0 Å². The van der Waals surface area contributed by atoms with Crippen molar-refractivity contribution in [2.24, 2.45) is 0 Å². The van der Waals surface area contributed by atoms with E-state index in [9.17, 15) is 4.57 Å². The van der Waals surface area contributed by atoms with Crippen molar-refractivity contribution in [3.8, 4) is 22.6 Å². The maximum atomic E-state index is 13.2. The summed E-state index contributed by atoms with van der Waals surface area (Å²) >= 11 is 0. The minimum absolute atomic E-state index is 0.299. The quantitative estimate of drug-likeness (QED) is 0.666. The third-order valence-electron chi connectivity index (χ3n) is 3.46. The number of methoxy groups -OCH3 is 2. The lowest BCUT2D eigenvalue weighted by molar-refractivity contribution is 0.230. The van der Waals surface area contributed by atoms with Gasteiger partial charge in [-0.05, 0) is 43.2 Å². The fourth-order valence-corrected chi connectivity index (χ4v) is 4.24. The van der Waals surface area contributed by atoms with E-state index in [4.69, 9.17) is 18.5 Å². The van der Waals surface area contributed by atoms with Gasteiger partial charge < -0.3 is 18.5 Å². The average Bonchev–Trinajstić information content (AvgIpc) is 2.61. The normalized spacial score (nSPS) is 11.3. The maximum absolute atomic E-state index is 13.2. The summed E-state index contributed by atoms with van der Waals surface area (Å²) in [5, 5.41) is 0.531. The molecule has 2 rings (SSSR count). The lowest BCUT2D eigenvalue weighted by Gasteiger charge is -2.20. The van der Waals surface area contributed by atoms with Gasteiger partial charge in [0.25, 0.3) is 0 Å². The van der Waals surface area contributed by atoms with E-state index in [0.29, 0.717) is 30.0 Å². The minimum atomic E-state index is -3.40. The molecule has 6 heteroatoms. The van der Waals surface area contributed by atoms with Gasteiger partial charge in [0.15, 0.2) is 0 Å². The molecular formula is C18H23O5P. The van der Waals surface area contributed by atoms with Crippen LogP contribution in [0.2, 0.25) is 0 Å². The van der Waals surface area contributed by atoms with Crippen molar-refractivity contribution in [1.82, 2.24) is 0 Å². The Morgan fingerprint density at radius 1 is 0.875 bits per heavy atom. The topological polar surface area (TPSA) is 54.0 Å². The zero-order chi connectivity index (χ0) is 17.6. The van der Waals surface area contributed by atoms with Crippen molar-refractivity contribution >= 4 is 12.9 Å². The van der Waals surface area contributed by atoms with Gasteiger partial charge in [-0.3, -0.25) is 4.57 Å². The Hall–Kier alpha value is -1.81. The molecule has 0 N–H and O–H groups in total. The zero-order valence-corrected chi connectivity index (χ0v) is 15.3. The Bertz CT molecular complexity index is 697. The molecule has 2 aromatic rings. The molecule has 0 radical (unpaired) electrons. The lowest BCUT2D eigenvalue weighted by Crippen LogP contribution is -2.13. The molecule has 0 saturated carbocycles. The second-order valence-electron chi connectivity index (χ2n) is 4.95. The van der Waals surface area contributed by atoms with Crippen LogP contribution in [0.3, 0.4) is 0 Å². The molecule has 2 aromatic carbocycles. The maximum Gasteiger partial charge on any atom is 0.361 e. The lowest BCUT2D eigenvalue weighted by atomic mass is 10.1. The van der Waals surface area contributed by atoms with Gasteiger partial charge in [0.05, 0.1) is 32.7 Å². The molecule has 0 aromatic heterocycles. The monoisotopic (exact) mass is 350 g/mol.